The summed E-state index contributed by atoms with van der Waals surface area (Å²) in [5.41, 5.74) is 3.01. The number of hydrogen-bond donors (Lipinski definition) is 0. The van der Waals surface area contributed by atoms with Crippen LogP contribution < -0.4 is 4.90 Å². The summed E-state index contributed by atoms with van der Waals surface area (Å²) in [6, 6.07) is 18.1. The van der Waals surface area contributed by atoms with Crippen molar-refractivity contribution in [3.8, 4) is 0 Å². The molecule has 0 aliphatic carbocycles. The van der Waals surface area contributed by atoms with Gasteiger partial charge in [0.25, 0.3) is 0 Å². The summed E-state index contributed by atoms with van der Waals surface area (Å²) in [5, 5.41) is 0. The summed E-state index contributed by atoms with van der Waals surface area (Å²) in [6.07, 6.45) is 3.57. The monoisotopic (exact) mass is 378 g/mol. The molecule has 1 saturated heterocycles. The number of hydrogen-bond acceptors (Lipinski definition) is 3. The average molecular weight is 379 g/mol. The Balaban J connectivity index is 1.64. The van der Waals surface area contributed by atoms with Gasteiger partial charge in [-0.05, 0) is 56.0 Å². The zero-order chi connectivity index (χ0) is 19.9. The van der Waals surface area contributed by atoms with Crippen molar-refractivity contribution < 1.29 is 9.59 Å². The molecule has 0 saturated carbocycles. The van der Waals surface area contributed by atoms with Gasteiger partial charge < -0.3 is 9.80 Å². The van der Waals surface area contributed by atoms with Crippen LogP contribution in [0.3, 0.4) is 0 Å². The van der Waals surface area contributed by atoms with Gasteiger partial charge in [-0.15, -0.1) is 0 Å². The lowest BCUT2D eigenvalue weighted by Gasteiger charge is -2.37. The predicted molar refractivity (Wildman–Crippen MR) is 114 cm³/mol. The minimum absolute atomic E-state index is 0.0863. The lowest BCUT2D eigenvalue weighted by atomic mass is 9.93. The lowest BCUT2D eigenvalue weighted by molar-refractivity contribution is -0.138. The number of anilines is 1. The van der Waals surface area contributed by atoms with E-state index in [9.17, 15) is 9.59 Å². The molecule has 28 heavy (non-hydrogen) atoms. The molecule has 2 aromatic rings. The largest absolute Gasteiger partial charge is 0.371 e. The number of nitrogens with zero attached hydrogens (tertiary/aromatic N) is 2. The van der Waals surface area contributed by atoms with Gasteiger partial charge in [-0.25, -0.2) is 0 Å². The van der Waals surface area contributed by atoms with E-state index in [2.05, 4.69) is 35.8 Å². The van der Waals surface area contributed by atoms with Crippen molar-refractivity contribution >= 4 is 17.9 Å². The average Bonchev–Trinajstić information content (AvgIpc) is 2.77. The minimum atomic E-state index is 0.0863. The topological polar surface area (TPSA) is 40.6 Å². The molecular formula is C24H30N2O2. The molecule has 0 aromatic heterocycles. The van der Waals surface area contributed by atoms with Crippen molar-refractivity contribution in [1.82, 2.24) is 4.90 Å². The lowest BCUT2D eigenvalue weighted by Crippen LogP contribution is -2.43. The Morgan fingerprint density at radius 2 is 1.75 bits per heavy atom. The van der Waals surface area contributed by atoms with Gasteiger partial charge >= 0.3 is 0 Å². The zero-order valence-electron chi connectivity index (χ0n) is 16.9. The molecule has 0 unspecified atom stereocenters. The molecule has 2 aromatic carbocycles. The number of rotatable bonds is 7. The number of carbonyl (C=O) groups is 2. The molecule has 0 N–H and O–H groups in total. The van der Waals surface area contributed by atoms with Crippen LogP contribution in [-0.4, -0.2) is 36.7 Å². The Bertz CT molecular complexity index is 765. The molecule has 0 bridgehead atoms. The standard InChI is InChI=1S/C24H30N2O2/c1-3-15-26(19(2)21-7-5-4-6-8-21)24(28)22-13-16-25(17-14-22)23-11-9-20(18-27)10-12-23/h4-12,18-19,22H,3,13-17H2,1-2H3/t19-/m0/s1. The van der Waals surface area contributed by atoms with Crippen molar-refractivity contribution in [2.75, 3.05) is 24.5 Å². The highest BCUT2D eigenvalue weighted by Crippen LogP contribution is 2.28. The van der Waals surface area contributed by atoms with Gasteiger partial charge in [-0.3, -0.25) is 9.59 Å². The maximum Gasteiger partial charge on any atom is 0.226 e. The minimum Gasteiger partial charge on any atom is -0.371 e. The molecule has 4 heteroatoms. The van der Waals surface area contributed by atoms with Crippen molar-refractivity contribution in [3.63, 3.8) is 0 Å². The normalized spacial score (nSPS) is 15.9. The zero-order valence-corrected chi connectivity index (χ0v) is 16.9. The van der Waals surface area contributed by atoms with Crippen LogP contribution in [0.1, 0.15) is 55.1 Å². The van der Waals surface area contributed by atoms with E-state index in [0.29, 0.717) is 5.56 Å². The quantitative estimate of drug-likeness (QED) is 0.655. The first-order valence-electron chi connectivity index (χ1n) is 10.3. The maximum absolute atomic E-state index is 13.3. The Hall–Kier alpha value is -2.62. The number of carbonyl (C=O) groups excluding carboxylic acids is 2. The first kappa shape index (κ1) is 20.1. The smallest absolute Gasteiger partial charge is 0.226 e. The highest BCUT2D eigenvalue weighted by atomic mass is 16.2. The molecule has 1 aliphatic heterocycles. The van der Waals surface area contributed by atoms with Gasteiger partial charge in [0.15, 0.2) is 0 Å². The highest BCUT2D eigenvalue weighted by molar-refractivity contribution is 5.80. The fourth-order valence-corrected chi connectivity index (χ4v) is 4.03. The molecular weight excluding hydrogens is 348 g/mol. The second kappa shape index (κ2) is 9.54. The molecule has 1 atom stereocenters. The third-order valence-electron chi connectivity index (χ3n) is 5.74. The summed E-state index contributed by atoms with van der Waals surface area (Å²) in [5.74, 6) is 0.373. The molecule has 4 nitrogen and oxygen atoms in total. The van der Waals surface area contributed by atoms with Gasteiger partial charge in [-0.1, -0.05) is 37.3 Å². The van der Waals surface area contributed by atoms with Crippen LogP contribution in [0.2, 0.25) is 0 Å². The van der Waals surface area contributed by atoms with Crippen molar-refractivity contribution in [2.45, 2.75) is 39.2 Å². The van der Waals surface area contributed by atoms with E-state index >= 15 is 0 Å². The summed E-state index contributed by atoms with van der Waals surface area (Å²) in [4.78, 5) is 28.5. The van der Waals surface area contributed by atoms with Crippen molar-refractivity contribution in [3.05, 3.63) is 65.7 Å². The molecule has 1 fully saturated rings. The van der Waals surface area contributed by atoms with Crippen LogP contribution in [0.4, 0.5) is 5.69 Å². The number of benzene rings is 2. The summed E-state index contributed by atoms with van der Waals surface area (Å²) < 4.78 is 0. The predicted octanol–water partition coefficient (Wildman–Crippen LogP) is 4.72. The first-order chi connectivity index (χ1) is 13.6. The third kappa shape index (κ3) is 4.61. The first-order valence-corrected chi connectivity index (χ1v) is 10.3. The molecule has 1 heterocycles. The van der Waals surface area contributed by atoms with Crippen LogP contribution in [0.5, 0.6) is 0 Å². The van der Waals surface area contributed by atoms with E-state index in [-0.39, 0.29) is 17.9 Å². The SMILES string of the molecule is CCCN(C(=O)C1CCN(c2ccc(C=O)cc2)CC1)[C@@H](C)c1ccccc1. The van der Waals surface area contributed by atoms with Gasteiger partial charge in [0.1, 0.15) is 6.29 Å². The molecule has 0 spiro atoms. The van der Waals surface area contributed by atoms with E-state index in [1.165, 1.54) is 5.56 Å². The molecule has 3 rings (SSSR count). The number of amides is 1. The van der Waals surface area contributed by atoms with Gasteiger partial charge in [0.05, 0.1) is 6.04 Å². The van der Waals surface area contributed by atoms with Gasteiger partial charge in [-0.2, -0.15) is 0 Å². The van der Waals surface area contributed by atoms with Crippen LogP contribution in [-0.2, 0) is 4.79 Å². The van der Waals surface area contributed by atoms with E-state index < -0.39 is 0 Å². The van der Waals surface area contributed by atoms with Gasteiger partial charge in [0, 0.05) is 36.8 Å². The Morgan fingerprint density at radius 1 is 1.11 bits per heavy atom. The second-order valence-corrected chi connectivity index (χ2v) is 7.59. The van der Waals surface area contributed by atoms with Crippen molar-refractivity contribution in [1.29, 1.82) is 0 Å². The number of aldehydes is 1. The van der Waals surface area contributed by atoms with Crippen LogP contribution in [0.15, 0.2) is 54.6 Å². The second-order valence-electron chi connectivity index (χ2n) is 7.59. The summed E-state index contributed by atoms with van der Waals surface area (Å²) in [7, 11) is 0. The molecule has 1 aliphatic rings. The molecule has 0 radical (unpaired) electrons. The molecule has 148 valence electrons. The van der Waals surface area contributed by atoms with Crippen LogP contribution in [0, 0.1) is 5.92 Å². The Labute approximate surface area is 168 Å². The van der Waals surface area contributed by atoms with Gasteiger partial charge in [0.2, 0.25) is 5.91 Å². The Morgan fingerprint density at radius 3 is 2.32 bits per heavy atom. The van der Waals surface area contributed by atoms with Crippen molar-refractivity contribution in [2.24, 2.45) is 5.92 Å². The third-order valence-corrected chi connectivity index (χ3v) is 5.74. The fourth-order valence-electron chi connectivity index (χ4n) is 4.03. The Kier molecular flexibility index (Phi) is 6.85. The highest BCUT2D eigenvalue weighted by Gasteiger charge is 2.31. The fraction of sp³-hybridized carbons (Fsp3) is 0.417. The summed E-state index contributed by atoms with van der Waals surface area (Å²) in [6.45, 7) is 6.80. The van der Waals surface area contributed by atoms with E-state index in [4.69, 9.17) is 0 Å². The van der Waals surface area contributed by atoms with Crippen LogP contribution >= 0.6 is 0 Å². The van der Waals surface area contributed by atoms with Crippen LogP contribution in [0.25, 0.3) is 0 Å². The maximum atomic E-state index is 13.3. The number of piperidine rings is 1. The van der Waals surface area contributed by atoms with E-state index in [1.54, 1.807) is 0 Å². The van der Waals surface area contributed by atoms with E-state index in [1.807, 2.05) is 42.5 Å². The molecule has 1 amide bonds. The van der Waals surface area contributed by atoms with E-state index in [0.717, 1.165) is 50.9 Å². The summed E-state index contributed by atoms with van der Waals surface area (Å²) >= 11 is 0.